The van der Waals surface area contributed by atoms with Gasteiger partial charge in [0.05, 0.1) is 13.7 Å². The molecule has 0 unspecified atom stereocenters. The number of hydrogen-bond donors (Lipinski definition) is 1. The van der Waals surface area contributed by atoms with Crippen LogP contribution < -0.4 is 19.5 Å². The molecule has 2 amide bonds. The molecule has 0 saturated heterocycles. The maximum atomic E-state index is 13.5. The minimum atomic E-state index is -0.354. The predicted molar refractivity (Wildman–Crippen MR) is 134 cm³/mol. The van der Waals surface area contributed by atoms with Gasteiger partial charge in [-0.1, -0.05) is 42.6 Å². The maximum Gasteiger partial charge on any atom is 0.273 e. The van der Waals surface area contributed by atoms with Crippen LogP contribution in [0.4, 0.5) is 0 Å². The van der Waals surface area contributed by atoms with Gasteiger partial charge in [-0.15, -0.1) is 0 Å². The minimum Gasteiger partial charge on any atom is -0.497 e. The lowest BCUT2D eigenvalue weighted by molar-refractivity contribution is -0.138. The summed E-state index contributed by atoms with van der Waals surface area (Å²) in [5, 5.41) is 6.80. The Bertz CT molecular complexity index is 1230. The third-order valence-electron chi connectivity index (χ3n) is 6.83. The summed E-state index contributed by atoms with van der Waals surface area (Å²) in [5.74, 6) is 2.35. The van der Waals surface area contributed by atoms with Gasteiger partial charge in [0, 0.05) is 25.1 Å². The quantitative estimate of drug-likeness (QED) is 0.458. The second-order valence-electron chi connectivity index (χ2n) is 9.43. The van der Waals surface area contributed by atoms with Gasteiger partial charge in [0.2, 0.25) is 12.7 Å². The Balaban J connectivity index is 1.24. The smallest absolute Gasteiger partial charge is 0.273 e. The van der Waals surface area contributed by atoms with Crippen LogP contribution in [0, 0.1) is 5.92 Å². The lowest BCUT2D eigenvalue weighted by atomic mass is 9.88. The number of hydrogen-bond acceptors (Lipinski definition) is 7. The highest BCUT2D eigenvalue weighted by Crippen LogP contribution is 2.32. The molecule has 1 N–H and O–H groups in total. The van der Waals surface area contributed by atoms with Crippen molar-refractivity contribution in [3.05, 3.63) is 71.1 Å². The first kappa shape index (κ1) is 24.7. The Kier molecular flexibility index (Phi) is 7.58. The van der Waals surface area contributed by atoms with Gasteiger partial charge in [-0.2, -0.15) is 0 Å². The highest BCUT2D eigenvalue weighted by Gasteiger charge is 2.27. The highest BCUT2D eigenvalue weighted by atomic mass is 16.7. The Hall–Kier alpha value is -4.01. The molecule has 2 aromatic carbocycles. The van der Waals surface area contributed by atoms with Gasteiger partial charge in [-0.3, -0.25) is 9.59 Å². The summed E-state index contributed by atoms with van der Waals surface area (Å²) in [7, 11) is 1.63. The molecule has 0 radical (unpaired) electrons. The van der Waals surface area contributed by atoms with E-state index in [-0.39, 0.29) is 36.8 Å². The van der Waals surface area contributed by atoms with Gasteiger partial charge >= 0.3 is 0 Å². The lowest BCUT2D eigenvalue weighted by Crippen LogP contribution is -2.36. The lowest BCUT2D eigenvalue weighted by Gasteiger charge is -2.29. The van der Waals surface area contributed by atoms with E-state index >= 15 is 0 Å². The number of nitrogens with zero attached hydrogens (tertiary/aromatic N) is 2. The molecule has 0 spiro atoms. The van der Waals surface area contributed by atoms with Crippen LogP contribution in [-0.4, -0.2) is 35.8 Å². The van der Waals surface area contributed by atoms with Crippen LogP contribution in [-0.2, 0) is 24.4 Å². The summed E-state index contributed by atoms with van der Waals surface area (Å²) in [6.07, 6.45) is 5.13. The number of nitrogens with one attached hydrogen (secondary N) is 1. The molecule has 1 fully saturated rings. The normalized spacial score (nSPS) is 14.8. The molecule has 194 valence electrons. The molecule has 2 aliphatic rings. The number of methoxy groups -OCH3 is 1. The van der Waals surface area contributed by atoms with Crippen LogP contribution in [0.25, 0.3) is 0 Å². The van der Waals surface area contributed by atoms with Gasteiger partial charge in [-0.05, 0) is 48.2 Å². The van der Waals surface area contributed by atoms with E-state index in [9.17, 15) is 9.59 Å². The van der Waals surface area contributed by atoms with E-state index < -0.39 is 0 Å². The largest absolute Gasteiger partial charge is 0.497 e. The molecular weight excluding hydrogens is 474 g/mol. The van der Waals surface area contributed by atoms with Crippen molar-refractivity contribution in [2.45, 2.75) is 51.7 Å². The van der Waals surface area contributed by atoms with Crippen LogP contribution in [0.15, 0.2) is 53.1 Å². The van der Waals surface area contributed by atoms with Crippen molar-refractivity contribution < 1.29 is 28.3 Å². The standard InChI is InChI=1S/C28H31N3O6/c1-34-22-10-7-19(8-11-22)16-31(28(33)21-5-3-2-4-6-21)17-23-14-24(30-37-23)27(32)29-15-20-9-12-25-26(13-20)36-18-35-25/h7-14,21H,2-6,15-18H2,1H3,(H,29,32). The summed E-state index contributed by atoms with van der Waals surface area (Å²) < 4.78 is 21.4. The second kappa shape index (κ2) is 11.4. The van der Waals surface area contributed by atoms with Crippen molar-refractivity contribution in [2.24, 2.45) is 5.92 Å². The fourth-order valence-electron chi connectivity index (χ4n) is 4.78. The molecule has 1 aromatic heterocycles. The van der Waals surface area contributed by atoms with Crippen LogP contribution in [0.2, 0.25) is 0 Å². The molecule has 0 bridgehead atoms. The molecule has 3 aromatic rings. The van der Waals surface area contributed by atoms with E-state index in [2.05, 4.69) is 10.5 Å². The van der Waals surface area contributed by atoms with Crippen molar-refractivity contribution in [3.8, 4) is 17.2 Å². The van der Waals surface area contributed by atoms with Crippen molar-refractivity contribution >= 4 is 11.8 Å². The van der Waals surface area contributed by atoms with Crippen LogP contribution in [0.1, 0.15) is 59.5 Å². The molecule has 0 atom stereocenters. The summed E-state index contributed by atoms with van der Waals surface area (Å²) in [6.45, 7) is 1.18. The summed E-state index contributed by atoms with van der Waals surface area (Å²) in [5.41, 5.74) is 2.04. The number of benzene rings is 2. The fourth-order valence-corrected chi connectivity index (χ4v) is 4.78. The molecule has 1 aliphatic carbocycles. The number of carbonyl (C=O) groups is 2. The van der Waals surface area contributed by atoms with Crippen molar-refractivity contribution in [2.75, 3.05) is 13.9 Å². The van der Waals surface area contributed by atoms with Crippen LogP contribution in [0.5, 0.6) is 17.2 Å². The number of ether oxygens (including phenoxy) is 3. The molecule has 37 heavy (non-hydrogen) atoms. The molecular formula is C28H31N3O6. The second-order valence-corrected chi connectivity index (χ2v) is 9.43. The number of rotatable bonds is 9. The maximum absolute atomic E-state index is 13.5. The first-order valence-electron chi connectivity index (χ1n) is 12.6. The van der Waals surface area contributed by atoms with Crippen molar-refractivity contribution in [1.82, 2.24) is 15.4 Å². The zero-order valence-corrected chi connectivity index (χ0v) is 20.9. The van der Waals surface area contributed by atoms with Crippen LogP contribution >= 0.6 is 0 Å². The van der Waals surface area contributed by atoms with Gasteiger partial charge in [0.25, 0.3) is 5.91 Å². The topological polar surface area (TPSA) is 103 Å². The first-order chi connectivity index (χ1) is 18.1. The predicted octanol–water partition coefficient (Wildman–Crippen LogP) is 4.45. The zero-order valence-electron chi connectivity index (χ0n) is 20.9. The Morgan fingerprint density at radius 1 is 0.973 bits per heavy atom. The number of aromatic nitrogens is 1. The molecule has 5 rings (SSSR count). The fraction of sp³-hybridized carbons (Fsp3) is 0.393. The Morgan fingerprint density at radius 3 is 2.51 bits per heavy atom. The van der Waals surface area contributed by atoms with Gasteiger partial charge in [-0.25, -0.2) is 0 Å². The molecule has 1 aliphatic heterocycles. The third kappa shape index (κ3) is 6.04. The molecule has 1 saturated carbocycles. The zero-order chi connectivity index (χ0) is 25.6. The van der Waals surface area contributed by atoms with Gasteiger partial charge in [0.1, 0.15) is 5.75 Å². The minimum absolute atomic E-state index is 0.0133. The Morgan fingerprint density at radius 2 is 1.73 bits per heavy atom. The van der Waals surface area contributed by atoms with E-state index in [1.165, 1.54) is 6.42 Å². The first-order valence-corrected chi connectivity index (χ1v) is 12.6. The Labute approximate surface area is 215 Å². The number of fused-ring (bicyclic) bond motifs is 1. The monoisotopic (exact) mass is 505 g/mol. The summed E-state index contributed by atoms with van der Waals surface area (Å²) >= 11 is 0. The van der Waals surface area contributed by atoms with Gasteiger partial charge < -0.3 is 29.0 Å². The van der Waals surface area contributed by atoms with Crippen molar-refractivity contribution in [1.29, 1.82) is 0 Å². The van der Waals surface area contributed by atoms with Crippen molar-refractivity contribution in [3.63, 3.8) is 0 Å². The van der Waals surface area contributed by atoms with E-state index in [1.54, 1.807) is 18.1 Å². The van der Waals surface area contributed by atoms with E-state index in [0.717, 1.165) is 42.6 Å². The molecule has 2 heterocycles. The highest BCUT2D eigenvalue weighted by molar-refractivity contribution is 5.92. The van der Waals surface area contributed by atoms with E-state index in [1.807, 2.05) is 42.5 Å². The number of amides is 2. The van der Waals surface area contributed by atoms with Crippen LogP contribution in [0.3, 0.4) is 0 Å². The van der Waals surface area contributed by atoms with Gasteiger partial charge in [0.15, 0.2) is 23.0 Å². The summed E-state index contributed by atoms with van der Waals surface area (Å²) in [4.78, 5) is 28.0. The van der Waals surface area contributed by atoms with E-state index in [0.29, 0.717) is 30.3 Å². The molecule has 9 heteroatoms. The summed E-state index contributed by atoms with van der Waals surface area (Å²) in [6, 6.07) is 14.8. The molecule has 9 nitrogen and oxygen atoms in total. The average Bonchev–Trinajstić information content (AvgIpc) is 3.61. The third-order valence-corrected chi connectivity index (χ3v) is 6.83. The number of carbonyl (C=O) groups excluding carboxylic acids is 2. The average molecular weight is 506 g/mol. The van der Waals surface area contributed by atoms with E-state index in [4.69, 9.17) is 18.7 Å². The SMILES string of the molecule is COc1ccc(CN(Cc2cc(C(=O)NCc3ccc4c(c3)OCO4)no2)C(=O)C2CCCCC2)cc1.